The Hall–Kier alpha value is -3.92. The number of nitrogens with zero attached hydrogens (tertiary/aromatic N) is 7. The van der Waals surface area contributed by atoms with Crippen LogP contribution < -0.4 is 5.43 Å². The SMILES string of the molecule is Cc1nn(-c2ccc(F)cc2)c(Cl)c1/C=N/NC(=O)c1ccc(-n2cnnn2)cc1. The zero-order valence-corrected chi connectivity index (χ0v) is 16.3. The highest BCUT2D eigenvalue weighted by molar-refractivity contribution is 6.32. The molecule has 2 heterocycles. The van der Waals surface area contributed by atoms with Gasteiger partial charge in [0.25, 0.3) is 5.91 Å². The molecular weight excluding hydrogens is 411 g/mol. The summed E-state index contributed by atoms with van der Waals surface area (Å²) in [6.45, 7) is 1.76. The smallest absolute Gasteiger partial charge is 0.267 e. The first-order valence-electron chi connectivity index (χ1n) is 8.71. The second-order valence-electron chi connectivity index (χ2n) is 6.18. The Morgan fingerprint density at radius 1 is 1.13 bits per heavy atom. The predicted molar refractivity (Wildman–Crippen MR) is 107 cm³/mol. The molecule has 9 nitrogen and oxygen atoms in total. The van der Waals surface area contributed by atoms with Gasteiger partial charge in [-0.25, -0.2) is 19.2 Å². The largest absolute Gasteiger partial charge is 0.271 e. The molecule has 1 N–H and O–H groups in total. The molecule has 0 atom stereocenters. The van der Waals surface area contributed by atoms with E-state index in [-0.39, 0.29) is 5.82 Å². The van der Waals surface area contributed by atoms with Crippen LogP contribution in [0.15, 0.2) is 60.0 Å². The molecule has 4 aromatic rings. The van der Waals surface area contributed by atoms with Crippen LogP contribution in [0.1, 0.15) is 21.6 Å². The van der Waals surface area contributed by atoms with Crippen LogP contribution in [0, 0.1) is 12.7 Å². The van der Waals surface area contributed by atoms with E-state index in [0.29, 0.717) is 27.7 Å². The second kappa shape index (κ2) is 8.21. The van der Waals surface area contributed by atoms with E-state index in [9.17, 15) is 9.18 Å². The van der Waals surface area contributed by atoms with Crippen molar-refractivity contribution in [3.05, 3.63) is 82.6 Å². The Labute approximate surface area is 174 Å². The monoisotopic (exact) mass is 424 g/mol. The van der Waals surface area contributed by atoms with Crippen molar-refractivity contribution >= 4 is 23.7 Å². The average Bonchev–Trinajstić information content (AvgIpc) is 3.38. The molecule has 2 aromatic carbocycles. The zero-order valence-electron chi connectivity index (χ0n) is 15.6. The van der Waals surface area contributed by atoms with Gasteiger partial charge in [-0.3, -0.25) is 4.79 Å². The molecule has 0 aliphatic carbocycles. The summed E-state index contributed by atoms with van der Waals surface area (Å²) in [6, 6.07) is 12.5. The van der Waals surface area contributed by atoms with E-state index >= 15 is 0 Å². The van der Waals surface area contributed by atoms with Crippen LogP contribution in [0.3, 0.4) is 0 Å². The summed E-state index contributed by atoms with van der Waals surface area (Å²) in [5.74, 6) is -0.747. The maximum atomic E-state index is 13.1. The minimum atomic E-state index is -0.394. The second-order valence-corrected chi connectivity index (χ2v) is 6.54. The molecule has 0 aliphatic heterocycles. The number of tetrazole rings is 1. The predicted octanol–water partition coefficient (Wildman–Crippen LogP) is 2.71. The highest BCUT2D eigenvalue weighted by Gasteiger charge is 2.13. The van der Waals surface area contributed by atoms with Crippen molar-refractivity contribution in [3.8, 4) is 11.4 Å². The summed E-state index contributed by atoms with van der Waals surface area (Å²) < 4.78 is 16.1. The number of carbonyl (C=O) groups is 1. The summed E-state index contributed by atoms with van der Waals surface area (Å²) in [6.07, 6.45) is 2.87. The van der Waals surface area contributed by atoms with Gasteiger partial charge in [-0.05, 0) is 65.9 Å². The van der Waals surface area contributed by atoms with Crippen molar-refractivity contribution in [2.24, 2.45) is 5.10 Å². The number of nitrogens with one attached hydrogen (secondary N) is 1. The summed E-state index contributed by atoms with van der Waals surface area (Å²) in [5, 5.41) is 19.5. The van der Waals surface area contributed by atoms with E-state index in [1.807, 2.05) is 0 Å². The highest BCUT2D eigenvalue weighted by atomic mass is 35.5. The maximum absolute atomic E-state index is 13.1. The lowest BCUT2D eigenvalue weighted by Gasteiger charge is -2.03. The number of hydrazone groups is 1. The van der Waals surface area contributed by atoms with Crippen LogP contribution in [-0.2, 0) is 0 Å². The van der Waals surface area contributed by atoms with Gasteiger partial charge in [-0.2, -0.15) is 10.2 Å². The van der Waals surface area contributed by atoms with Gasteiger partial charge in [-0.1, -0.05) is 11.6 Å². The molecular formula is C19H14ClFN8O. The maximum Gasteiger partial charge on any atom is 0.271 e. The van der Waals surface area contributed by atoms with Crippen molar-refractivity contribution in [1.82, 2.24) is 35.4 Å². The quantitative estimate of drug-likeness (QED) is 0.392. The molecule has 150 valence electrons. The van der Waals surface area contributed by atoms with Gasteiger partial charge in [0.15, 0.2) is 0 Å². The third kappa shape index (κ3) is 3.94. The topological polar surface area (TPSA) is 103 Å². The van der Waals surface area contributed by atoms with E-state index in [2.05, 4.69) is 31.2 Å². The fourth-order valence-electron chi connectivity index (χ4n) is 2.68. The van der Waals surface area contributed by atoms with Crippen LogP contribution in [0.5, 0.6) is 0 Å². The lowest BCUT2D eigenvalue weighted by atomic mass is 10.2. The number of hydrogen-bond acceptors (Lipinski definition) is 6. The average molecular weight is 425 g/mol. The molecule has 0 saturated carbocycles. The van der Waals surface area contributed by atoms with Crippen molar-refractivity contribution in [2.75, 3.05) is 0 Å². The first-order chi connectivity index (χ1) is 14.5. The van der Waals surface area contributed by atoms with Crippen molar-refractivity contribution in [1.29, 1.82) is 0 Å². The molecule has 4 rings (SSSR count). The van der Waals surface area contributed by atoms with Crippen LogP contribution in [-0.4, -0.2) is 42.1 Å². The minimum Gasteiger partial charge on any atom is -0.267 e. The molecule has 0 fully saturated rings. The molecule has 1 amide bonds. The van der Waals surface area contributed by atoms with Gasteiger partial charge in [0.1, 0.15) is 17.3 Å². The first-order valence-corrected chi connectivity index (χ1v) is 9.08. The zero-order chi connectivity index (χ0) is 21.1. The number of aryl methyl sites for hydroxylation is 1. The Bertz CT molecular complexity index is 1200. The van der Waals surface area contributed by atoms with E-state index in [1.54, 1.807) is 43.3 Å². The number of aromatic nitrogens is 6. The van der Waals surface area contributed by atoms with Crippen molar-refractivity contribution < 1.29 is 9.18 Å². The van der Waals surface area contributed by atoms with E-state index in [4.69, 9.17) is 11.6 Å². The van der Waals surface area contributed by atoms with Gasteiger partial charge in [0, 0.05) is 5.56 Å². The Kier molecular flexibility index (Phi) is 5.31. The van der Waals surface area contributed by atoms with Gasteiger partial charge in [0.2, 0.25) is 0 Å². The van der Waals surface area contributed by atoms with Crippen LogP contribution in [0.4, 0.5) is 4.39 Å². The number of benzene rings is 2. The lowest BCUT2D eigenvalue weighted by Crippen LogP contribution is -2.17. The Morgan fingerprint density at radius 2 is 1.83 bits per heavy atom. The summed E-state index contributed by atoms with van der Waals surface area (Å²) >= 11 is 6.39. The number of hydrogen-bond donors (Lipinski definition) is 1. The van der Waals surface area contributed by atoms with Crippen LogP contribution >= 0.6 is 11.6 Å². The Morgan fingerprint density at radius 3 is 2.50 bits per heavy atom. The minimum absolute atomic E-state index is 0.294. The third-order valence-corrected chi connectivity index (χ3v) is 4.59. The lowest BCUT2D eigenvalue weighted by molar-refractivity contribution is 0.0955. The fourth-order valence-corrected chi connectivity index (χ4v) is 3.00. The normalized spacial score (nSPS) is 11.2. The molecule has 0 bridgehead atoms. The highest BCUT2D eigenvalue weighted by Crippen LogP contribution is 2.22. The molecule has 0 radical (unpaired) electrons. The van der Waals surface area contributed by atoms with Crippen molar-refractivity contribution in [3.63, 3.8) is 0 Å². The molecule has 0 aliphatic rings. The van der Waals surface area contributed by atoms with Crippen LogP contribution in [0.25, 0.3) is 11.4 Å². The van der Waals surface area contributed by atoms with Gasteiger partial charge in [0.05, 0.1) is 28.8 Å². The third-order valence-electron chi connectivity index (χ3n) is 4.22. The number of halogens is 2. The summed E-state index contributed by atoms with van der Waals surface area (Å²) in [7, 11) is 0. The van der Waals surface area contributed by atoms with Crippen molar-refractivity contribution in [2.45, 2.75) is 6.92 Å². The van der Waals surface area contributed by atoms with E-state index < -0.39 is 5.91 Å². The standard InChI is InChI=1S/C19H14ClFN8O/c1-12-17(18(20)29(25-12)16-8-4-14(21)5-9-16)10-22-24-19(30)13-2-6-15(7-3-13)28-11-23-26-27-28/h2-11H,1H3,(H,24,30)/b22-10+. The van der Waals surface area contributed by atoms with Gasteiger partial charge in [-0.15, -0.1) is 5.10 Å². The summed E-state index contributed by atoms with van der Waals surface area (Å²) in [5.41, 5.74) is 5.33. The number of amides is 1. The number of rotatable bonds is 5. The summed E-state index contributed by atoms with van der Waals surface area (Å²) in [4.78, 5) is 12.3. The van der Waals surface area contributed by atoms with Gasteiger partial charge >= 0.3 is 0 Å². The molecule has 11 heteroatoms. The molecule has 30 heavy (non-hydrogen) atoms. The van der Waals surface area contributed by atoms with E-state index in [0.717, 1.165) is 5.69 Å². The van der Waals surface area contributed by atoms with Gasteiger partial charge < -0.3 is 0 Å². The Balaban J connectivity index is 1.46. The molecule has 0 spiro atoms. The molecule has 2 aromatic heterocycles. The molecule has 0 unspecified atom stereocenters. The van der Waals surface area contributed by atoms with Crippen LogP contribution in [0.2, 0.25) is 5.15 Å². The van der Waals surface area contributed by atoms with E-state index in [1.165, 1.54) is 34.0 Å². The fraction of sp³-hybridized carbons (Fsp3) is 0.0526. The first kappa shape index (κ1) is 19.4. The number of carbonyl (C=O) groups excluding carboxylic acids is 1. The molecule has 0 saturated heterocycles.